The zero-order valence-corrected chi connectivity index (χ0v) is 18.6. The van der Waals surface area contributed by atoms with Crippen LogP contribution in [0.5, 0.6) is 6.01 Å². The predicted molar refractivity (Wildman–Crippen MR) is 118 cm³/mol. The first-order chi connectivity index (χ1) is 15.5. The molecule has 0 aromatic carbocycles. The molecule has 2 unspecified atom stereocenters. The van der Waals surface area contributed by atoms with E-state index in [2.05, 4.69) is 25.1 Å². The third-order valence-electron chi connectivity index (χ3n) is 7.65. The monoisotopic (exact) mass is 464 g/mol. The number of alkyl halides is 1. The van der Waals surface area contributed by atoms with Crippen LogP contribution in [0, 0.1) is 11.7 Å². The molecule has 4 fully saturated rings. The normalized spacial score (nSPS) is 32.5. The van der Waals surface area contributed by atoms with Crippen LogP contribution < -0.4 is 15.0 Å². The maximum absolute atomic E-state index is 14.9. The zero-order chi connectivity index (χ0) is 21.9. The lowest BCUT2D eigenvalue weighted by Crippen LogP contribution is -2.53. The first-order valence-electron chi connectivity index (χ1n) is 11.5. The predicted octanol–water partition coefficient (Wildman–Crippen LogP) is 2.96. The van der Waals surface area contributed by atoms with Crippen molar-refractivity contribution in [1.82, 2.24) is 25.2 Å². The van der Waals surface area contributed by atoms with Crippen molar-refractivity contribution >= 4 is 28.3 Å². The number of halogens is 3. The van der Waals surface area contributed by atoms with Crippen LogP contribution in [0.15, 0.2) is 6.20 Å². The van der Waals surface area contributed by atoms with Crippen LogP contribution in [0.1, 0.15) is 32.1 Å². The SMILES string of the molecule is Fc1c(Cl)ncc2c(N3CC4CCNC(C4)C3)nc(OC[C@@]34CCCN3C[C@H](F)C4)nc12. The summed E-state index contributed by atoms with van der Waals surface area (Å²) in [5, 5.41) is 3.87. The molecule has 172 valence electrons. The molecule has 0 aliphatic carbocycles. The Morgan fingerprint density at radius 1 is 1.28 bits per heavy atom. The van der Waals surface area contributed by atoms with Gasteiger partial charge in [0.25, 0.3) is 0 Å². The van der Waals surface area contributed by atoms with E-state index < -0.39 is 12.0 Å². The molecule has 6 heterocycles. The highest BCUT2D eigenvalue weighted by molar-refractivity contribution is 6.30. The molecule has 4 aliphatic rings. The van der Waals surface area contributed by atoms with Crippen molar-refractivity contribution in [3.8, 4) is 6.01 Å². The molecule has 1 N–H and O–H groups in total. The van der Waals surface area contributed by atoms with Crippen LogP contribution in [0.3, 0.4) is 0 Å². The summed E-state index contributed by atoms with van der Waals surface area (Å²) in [6.07, 6.45) is 5.33. The highest BCUT2D eigenvalue weighted by atomic mass is 35.5. The van der Waals surface area contributed by atoms with Gasteiger partial charge in [-0.1, -0.05) is 11.6 Å². The summed E-state index contributed by atoms with van der Waals surface area (Å²) in [6, 6.07) is 0.494. The van der Waals surface area contributed by atoms with Crippen molar-refractivity contribution in [2.45, 2.75) is 49.9 Å². The van der Waals surface area contributed by atoms with E-state index in [9.17, 15) is 8.78 Å². The number of aromatic nitrogens is 3. The molecule has 0 amide bonds. The van der Waals surface area contributed by atoms with Gasteiger partial charge in [0.1, 0.15) is 24.1 Å². The molecule has 0 radical (unpaired) electrons. The zero-order valence-electron chi connectivity index (χ0n) is 17.9. The smallest absolute Gasteiger partial charge is 0.319 e. The van der Waals surface area contributed by atoms with Gasteiger partial charge < -0.3 is 15.0 Å². The molecule has 10 heteroatoms. The van der Waals surface area contributed by atoms with E-state index in [0.29, 0.717) is 42.7 Å². The molecule has 4 aliphatic heterocycles. The highest BCUT2D eigenvalue weighted by Crippen LogP contribution is 2.41. The summed E-state index contributed by atoms with van der Waals surface area (Å²) in [4.78, 5) is 17.4. The second-order valence-corrected chi connectivity index (χ2v) is 10.1. The molecule has 4 saturated heterocycles. The molecule has 2 aromatic rings. The molecule has 0 spiro atoms. The van der Waals surface area contributed by atoms with E-state index in [-0.39, 0.29) is 22.2 Å². The molecule has 2 bridgehead atoms. The van der Waals surface area contributed by atoms with Gasteiger partial charge in [0.05, 0.1) is 10.9 Å². The van der Waals surface area contributed by atoms with Gasteiger partial charge in [-0.25, -0.2) is 13.8 Å². The van der Waals surface area contributed by atoms with Crippen molar-refractivity contribution in [2.75, 3.05) is 44.2 Å². The standard InChI is InChI=1S/C22H27ClF2N6O/c23-19-17(25)18-16(8-27-19)20(30-9-13-2-4-26-15(6-13)11-30)29-21(28-18)32-12-22-3-1-5-31(22)10-14(24)7-22/h8,13-15,26H,1-7,9-12H2/t13?,14-,15?,22+/m1/s1. The third-order valence-corrected chi connectivity index (χ3v) is 7.92. The number of hydrogen-bond donors (Lipinski definition) is 1. The molecule has 7 nitrogen and oxygen atoms in total. The molecule has 2 aromatic heterocycles. The fraction of sp³-hybridized carbons (Fsp3) is 0.682. The quantitative estimate of drug-likeness (QED) is 0.698. The average molecular weight is 465 g/mol. The Labute approximate surface area is 190 Å². The van der Waals surface area contributed by atoms with E-state index in [4.69, 9.17) is 21.3 Å². The Hall–Kier alpha value is -1.84. The lowest BCUT2D eigenvalue weighted by molar-refractivity contribution is 0.107. The van der Waals surface area contributed by atoms with Gasteiger partial charge in [-0.05, 0) is 44.7 Å². The lowest BCUT2D eigenvalue weighted by Gasteiger charge is -2.42. The second kappa shape index (κ2) is 7.88. The largest absolute Gasteiger partial charge is 0.461 e. The summed E-state index contributed by atoms with van der Waals surface area (Å²) in [5.74, 6) is 0.528. The lowest BCUT2D eigenvalue weighted by atomic mass is 9.88. The van der Waals surface area contributed by atoms with E-state index in [1.54, 1.807) is 6.20 Å². The minimum atomic E-state index is -0.838. The van der Waals surface area contributed by atoms with E-state index in [1.165, 1.54) is 0 Å². The third kappa shape index (κ3) is 3.49. The van der Waals surface area contributed by atoms with Crippen LogP contribution in [0.2, 0.25) is 5.15 Å². The number of fused-ring (bicyclic) bond motifs is 4. The molecule has 6 rings (SSSR count). The Balaban J connectivity index is 1.35. The Morgan fingerprint density at radius 3 is 3.06 bits per heavy atom. The molecule has 4 atom stereocenters. The van der Waals surface area contributed by atoms with Crippen molar-refractivity contribution in [1.29, 1.82) is 0 Å². The first-order valence-corrected chi connectivity index (χ1v) is 11.9. The van der Waals surface area contributed by atoms with Gasteiger partial charge in [-0.2, -0.15) is 9.97 Å². The summed E-state index contributed by atoms with van der Waals surface area (Å²) in [5.41, 5.74) is -0.206. The minimum Gasteiger partial charge on any atom is -0.461 e. The van der Waals surface area contributed by atoms with E-state index >= 15 is 0 Å². The van der Waals surface area contributed by atoms with Crippen molar-refractivity contribution in [2.24, 2.45) is 5.92 Å². The van der Waals surface area contributed by atoms with Crippen LogP contribution in [-0.2, 0) is 0 Å². The fourth-order valence-corrected chi connectivity index (χ4v) is 6.32. The summed E-state index contributed by atoms with van der Waals surface area (Å²) >= 11 is 5.97. The van der Waals surface area contributed by atoms with Crippen LogP contribution >= 0.6 is 11.6 Å². The second-order valence-electron chi connectivity index (χ2n) is 9.77. The van der Waals surface area contributed by atoms with E-state index in [0.717, 1.165) is 51.9 Å². The number of rotatable bonds is 4. The van der Waals surface area contributed by atoms with Gasteiger partial charge in [0.15, 0.2) is 11.0 Å². The van der Waals surface area contributed by atoms with Crippen molar-refractivity contribution < 1.29 is 13.5 Å². The van der Waals surface area contributed by atoms with Gasteiger partial charge >= 0.3 is 6.01 Å². The average Bonchev–Trinajstić information content (AvgIpc) is 3.30. The number of hydrogen-bond acceptors (Lipinski definition) is 7. The van der Waals surface area contributed by atoms with Gasteiger partial charge in [-0.3, -0.25) is 4.90 Å². The van der Waals surface area contributed by atoms with Crippen LogP contribution in [0.4, 0.5) is 14.6 Å². The van der Waals surface area contributed by atoms with Gasteiger partial charge in [-0.15, -0.1) is 0 Å². The van der Waals surface area contributed by atoms with Crippen LogP contribution in [-0.4, -0.2) is 76.9 Å². The number of ether oxygens (including phenoxy) is 1. The fourth-order valence-electron chi connectivity index (χ4n) is 6.18. The molecule has 32 heavy (non-hydrogen) atoms. The van der Waals surface area contributed by atoms with Gasteiger partial charge in [0.2, 0.25) is 0 Å². The van der Waals surface area contributed by atoms with E-state index in [1.807, 2.05) is 0 Å². The van der Waals surface area contributed by atoms with Crippen LogP contribution in [0.25, 0.3) is 10.9 Å². The molecular weight excluding hydrogens is 438 g/mol. The molecular formula is C22H27ClF2N6O. The van der Waals surface area contributed by atoms with Crippen molar-refractivity contribution in [3.63, 3.8) is 0 Å². The Morgan fingerprint density at radius 2 is 2.19 bits per heavy atom. The minimum absolute atomic E-state index is 0.112. The van der Waals surface area contributed by atoms with Crippen molar-refractivity contribution in [3.05, 3.63) is 17.2 Å². The number of pyridine rings is 1. The van der Waals surface area contributed by atoms with Gasteiger partial charge in [0, 0.05) is 38.3 Å². The number of nitrogens with one attached hydrogen (secondary N) is 1. The Kier molecular flexibility index (Phi) is 5.11. The summed E-state index contributed by atoms with van der Waals surface area (Å²) in [6.45, 7) is 4.30. The maximum atomic E-state index is 14.9. The molecule has 0 saturated carbocycles. The Bertz CT molecular complexity index is 1030. The number of nitrogens with zero attached hydrogens (tertiary/aromatic N) is 5. The summed E-state index contributed by atoms with van der Waals surface area (Å²) in [7, 11) is 0. The highest BCUT2D eigenvalue weighted by Gasteiger charge is 2.49. The maximum Gasteiger partial charge on any atom is 0.319 e. The summed E-state index contributed by atoms with van der Waals surface area (Å²) < 4.78 is 35.1. The number of anilines is 1. The number of piperidine rings is 2. The topological polar surface area (TPSA) is 66.4 Å². The first kappa shape index (κ1) is 20.7.